The Bertz CT molecular complexity index is 3540. The molecule has 0 fully saturated rings. The number of aromatic nitrogens is 1. The van der Waals surface area contributed by atoms with E-state index >= 15 is 0 Å². The van der Waals surface area contributed by atoms with Gasteiger partial charge in [-0.25, -0.2) is 0 Å². The molecule has 9 aromatic carbocycles. The second-order valence-corrected chi connectivity index (χ2v) is 16.8. The lowest BCUT2D eigenvalue weighted by Gasteiger charge is -2.26. The number of furan rings is 1. The van der Waals surface area contributed by atoms with Crippen LogP contribution in [0.15, 0.2) is 235 Å². The number of nitrogens with zero attached hydrogens (tertiary/aromatic N) is 2. The lowest BCUT2D eigenvalue weighted by Crippen LogP contribution is -2.09. The van der Waals surface area contributed by atoms with Crippen molar-refractivity contribution in [2.45, 2.75) is 0 Å². The van der Waals surface area contributed by atoms with Crippen LogP contribution in [-0.4, -0.2) is 4.57 Å². The molecule has 0 atom stereocenters. The minimum Gasteiger partial charge on any atom is -0.454 e. The predicted octanol–water partition coefficient (Wildman–Crippen LogP) is 16.9. The molecule has 0 aliphatic rings. The van der Waals surface area contributed by atoms with Gasteiger partial charge in [-0.2, -0.15) is 0 Å². The van der Waals surface area contributed by atoms with E-state index in [1.54, 1.807) is 0 Å². The Hall–Kier alpha value is -7.92. The van der Waals surface area contributed by atoms with Crippen LogP contribution in [0.3, 0.4) is 0 Å². The van der Waals surface area contributed by atoms with Gasteiger partial charge in [0.15, 0.2) is 5.58 Å². The molecule has 62 heavy (non-hydrogen) atoms. The predicted molar refractivity (Wildman–Crippen MR) is 262 cm³/mol. The number of rotatable bonds is 8. The molecule has 0 bridgehead atoms. The molecule has 3 nitrogen and oxygen atoms in total. The van der Waals surface area contributed by atoms with E-state index in [4.69, 9.17) is 4.42 Å². The van der Waals surface area contributed by atoms with Gasteiger partial charge in [-0.1, -0.05) is 152 Å². The van der Waals surface area contributed by atoms with E-state index in [1.165, 1.54) is 48.3 Å². The second-order valence-electron chi connectivity index (χ2n) is 15.7. The maximum Gasteiger partial charge on any atom is 0.159 e. The molecule has 0 radical (unpaired) electrons. The molecular formula is C58H38N2OS. The molecule has 4 heteroatoms. The summed E-state index contributed by atoms with van der Waals surface area (Å²) in [4.78, 5) is 4.88. The molecule has 3 heterocycles. The van der Waals surface area contributed by atoms with E-state index in [2.05, 4.69) is 228 Å². The topological polar surface area (TPSA) is 21.3 Å². The minimum absolute atomic E-state index is 0.897. The van der Waals surface area contributed by atoms with Crippen molar-refractivity contribution < 1.29 is 4.42 Å². The summed E-state index contributed by atoms with van der Waals surface area (Å²) in [5.41, 5.74) is 15.6. The van der Waals surface area contributed by atoms with Crippen LogP contribution in [0.5, 0.6) is 0 Å². The lowest BCUT2D eigenvalue weighted by molar-refractivity contribution is 0.666. The first-order chi connectivity index (χ1) is 30.7. The fraction of sp³-hybridized carbons (Fsp3) is 0. The number of fused-ring (bicyclic) bond motifs is 6. The highest BCUT2D eigenvalue weighted by Gasteiger charge is 2.19. The Morgan fingerprint density at radius 2 is 0.823 bits per heavy atom. The van der Waals surface area contributed by atoms with E-state index in [1.807, 2.05) is 23.5 Å². The van der Waals surface area contributed by atoms with E-state index in [-0.39, 0.29) is 0 Å². The first-order valence-corrected chi connectivity index (χ1v) is 21.8. The molecule has 0 aliphatic heterocycles. The number of para-hydroxylation sites is 3. The molecule has 0 saturated carbocycles. The van der Waals surface area contributed by atoms with E-state index < -0.39 is 0 Å². The Kier molecular flexibility index (Phi) is 8.68. The molecule has 12 rings (SSSR count). The molecule has 0 amide bonds. The van der Waals surface area contributed by atoms with Crippen molar-refractivity contribution in [3.63, 3.8) is 0 Å². The van der Waals surface area contributed by atoms with Crippen molar-refractivity contribution in [1.29, 1.82) is 0 Å². The van der Waals surface area contributed by atoms with Crippen molar-refractivity contribution >= 4 is 72.1 Å². The van der Waals surface area contributed by atoms with E-state index in [0.29, 0.717) is 0 Å². The maximum atomic E-state index is 6.54. The van der Waals surface area contributed by atoms with Gasteiger partial charge in [-0.15, -0.1) is 11.3 Å². The van der Waals surface area contributed by atoms with Crippen LogP contribution >= 0.6 is 11.3 Å². The van der Waals surface area contributed by atoms with Crippen molar-refractivity contribution in [1.82, 2.24) is 4.57 Å². The van der Waals surface area contributed by atoms with Crippen LogP contribution in [0.1, 0.15) is 0 Å². The monoisotopic (exact) mass is 810 g/mol. The second kappa shape index (κ2) is 15.0. The number of benzene rings is 9. The maximum absolute atomic E-state index is 6.54. The van der Waals surface area contributed by atoms with Gasteiger partial charge in [0, 0.05) is 48.4 Å². The number of hydrogen-bond acceptors (Lipinski definition) is 3. The molecule has 12 aromatic rings. The van der Waals surface area contributed by atoms with E-state index in [9.17, 15) is 0 Å². The molecule has 0 N–H and O–H groups in total. The van der Waals surface area contributed by atoms with Gasteiger partial charge in [-0.05, 0) is 112 Å². The third-order valence-corrected chi connectivity index (χ3v) is 13.2. The van der Waals surface area contributed by atoms with Gasteiger partial charge in [0.1, 0.15) is 5.58 Å². The molecule has 292 valence electrons. The van der Waals surface area contributed by atoms with E-state index in [0.717, 1.165) is 61.3 Å². The Morgan fingerprint density at radius 3 is 1.50 bits per heavy atom. The third kappa shape index (κ3) is 6.20. The van der Waals surface area contributed by atoms with Crippen molar-refractivity contribution in [3.05, 3.63) is 231 Å². The molecule has 0 spiro atoms. The SMILES string of the molecule is c1ccc(-c2ccc(N(c3ccc(-c4ccc5c(c4)c4ccccc4n5-c4cccc5c4oc4ccccc45)cc3)c3ccc(-c4ccc(-c5ccccc5)s4)cc3)cc2)cc1. The van der Waals surface area contributed by atoms with Crippen molar-refractivity contribution in [3.8, 4) is 48.8 Å². The first kappa shape index (κ1) is 36.0. The average molecular weight is 811 g/mol. The zero-order valence-corrected chi connectivity index (χ0v) is 34.5. The summed E-state index contributed by atoms with van der Waals surface area (Å²) in [5, 5.41) is 4.67. The smallest absolute Gasteiger partial charge is 0.159 e. The highest BCUT2D eigenvalue weighted by molar-refractivity contribution is 7.18. The zero-order valence-electron chi connectivity index (χ0n) is 33.7. The summed E-state index contributed by atoms with van der Waals surface area (Å²) >= 11 is 1.83. The zero-order chi connectivity index (χ0) is 41.0. The Labute approximate surface area is 363 Å². The molecule has 3 aromatic heterocycles. The van der Waals surface area contributed by atoms with Crippen LogP contribution in [-0.2, 0) is 0 Å². The van der Waals surface area contributed by atoms with Crippen LogP contribution in [0, 0.1) is 0 Å². The number of hydrogen-bond donors (Lipinski definition) is 0. The van der Waals surface area contributed by atoms with Crippen LogP contribution in [0.25, 0.3) is 92.6 Å². The van der Waals surface area contributed by atoms with Gasteiger partial charge >= 0.3 is 0 Å². The summed E-state index contributed by atoms with van der Waals surface area (Å²) in [6.07, 6.45) is 0. The fourth-order valence-electron chi connectivity index (χ4n) is 9.03. The summed E-state index contributed by atoms with van der Waals surface area (Å²) in [7, 11) is 0. The van der Waals surface area contributed by atoms with Crippen LogP contribution in [0.4, 0.5) is 17.1 Å². The van der Waals surface area contributed by atoms with Crippen LogP contribution in [0.2, 0.25) is 0 Å². The molecule has 0 saturated heterocycles. The first-order valence-electron chi connectivity index (χ1n) is 21.0. The largest absolute Gasteiger partial charge is 0.454 e. The summed E-state index contributed by atoms with van der Waals surface area (Å²) in [5.74, 6) is 0. The standard InChI is InChI=1S/C58H38N2OS/c1-3-12-39(13-4-1)40-22-29-45(30-23-40)59(47-33-26-43(27-34-47)57-37-36-56(62-57)42-14-5-2-6-15-42)46-31-24-41(25-32-46)44-28-35-53-51(38-44)48-16-7-9-19-52(48)60(53)54-20-11-18-50-49-17-8-10-21-55(49)61-58(50)54/h1-38H. The normalized spacial score (nSPS) is 11.5. The highest BCUT2D eigenvalue weighted by atomic mass is 32.1. The highest BCUT2D eigenvalue weighted by Crippen LogP contribution is 2.42. The summed E-state index contributed by atoms with van der Waals surface area (Å²) in [6, 6.07) is 82.8. The number of thiophene rings is 1. The van der Waals surface area contributed by atoms with Crippen molar-refractivity contribution in [2.24, 2.45) is 0 Å². The van der Waals surface area contributed by atoms with Crippen molar-refractivity contribution in [2.75, 3.05) is 4.90 Å². The van der Waals surface area contributed by atoms with Gasteiger partial charge < -0.3 is 13.9 Å². The summed E-state index contributed by atoms with van der Waals surface area (Å²) < 4.78 is 8.89. The molecular weight excluding hydrogens is 773 g/mol. The van der Waals surface area contributed by atoms with Gasteiger partial charge in [0.2, 0.25) is 0 Å². The van der Waals surface area contributed by atoms with Gasteiger partial charge in [0.25, 0.3) is 0 Å². The lowest BCUT2D eigenvalue weighted by atomic mass is 10.0. The average Bonchev–Trinajstić information content (AvgIpc) is 4.08. The Morgan fingerprint density at radius 1 is 0.339 bits per heavy atom. The molecule has 0 aliphatic carbocycles. The Balaban J connectivity index is 0.917. The van der Waals surface area contributed by atoms with Crippen LogP contribution < -0.4 is 4.90 Å². The van der Waals surface area contributed by atoms with Gasteiger partial charge in [0.05, 0.1) is 16.7 Å². The third-order valence-electron chi connectivity index (χ3n) is 12.1. The van der Waals surface area contributed by atoms with Gasteiger partial charge in [-0.3, -0.25) is 0 Å². The quantitative estimate of drug-likeness (QED) is 0.152. The minimum atomic E-state index is 0.897. The number of anilines is 3. The summed E-state index contributed by atoms with van der Waals surface area (Å²) in [6.45, 7) is 0. The molecule has 0 unspecified atom stereocenters. The fourth-order valence-corrected chi connectivity index (χ4v) is 10.0.